The Bertz CT molecular complexity index is 358. The lowest BCUT2D eigenvalue weighted by Crippen LogP contribution is -2.37. The monoisotopic (exact) mass is 268 g/mol. The second kappa shape index (κ2) is 7.81. The zero-order chi connectivity index (χ0) is 14.9. The van der Waals surface area contributed by atoms with Gasteiger partial charge in [0.25, 0.3) is 0 Å². The molecule has 0 rings (SSSR count). The summed E-state index contributed by atoms with van der Waals surface area (Å²) in [7, 11) is 0. The van der Waals surface area contributed by atoms with E-state index in [4.69, 9.17) is 10.3 Å². The quantitative estimate of drug-likeness (QED) is 0.301. The van der Waals surface area contributed by atoms with E-state index in [-0.39, 0.29) is 16.7 Å². The maximum Gasteiger partial charge on any atom is 0.243 e. The van der Waals surface area contributed by atoms with Crippen molar-refractivity contribution in [3.8, 4) is 0 Å². The number of ether oxygens (including phenoxy) is 1. The highest BCUT2D eigenvalue weighted by atomic mass is 16.5. The van der Waals surface area contributed by atoms with E-state index in [9.17, 15) is 4.79 Å². The number of nitrogens with one attached hydrogen (secondary N) is 1. The number of azide groups is 1. The molecule has 0 unspecified atom stereocenters. The average Bonchev–Trinajstić information content (AvgIpc) is 2.33. The number of carbonyl (C=O) groups excluding carboxylic acids is 1. The predicted molar refractivity (Wildman–Crippen MR) is 75.6 cm³/mol. The average molecular weight is 268 g/mol. The minimum atomic E-state index is -0.188. The van der Waals surface area contributed by atoms with E-state index in [1.165, 1.54) is 6.08 Å². The molecule has 0 aliphatic carbocycles. The Morgan fingerprint density at radius 2 is 1.95 bits per heavy atom. The number of carbonyl (C=O) groups is 1. The molecule has 0 spiro atoms. The number of hydrogen-bond acceptors (Lipinski definition) is 3. The molecule has 0 bridgehead atoms. The van der Waals surface area contributed by atoms with Gasteiger partial charge in [-0.2, -0.15) is 0 Å². The maximum atomic E-state index is 11.1. The van der Waals surface area contributed by atoms with Gasteiger partial charge in [0.1, 0.15) is 0 Å². The van der Waals surface area contributed by atoms with E-state index in [2.05, 4.69) is 21.9 Å². The fraction of sp³-hybridized carbons (Fsp3) is 0.769. The van der Waals surface area contributed by atoms with Crippen LogP contribution in [0.15, 0.2) is 17.8 Å². The van der Waals surface area contributed by atoms with Crippen LogP contribution in [0.1, 0.15) is 27.7 Å². The molecule has 0 aliphatic heterocycles. The molecule has 1 amide bonds. The fourth-order valence-electron chi connectivity index (χ4n) is 1.32. The van der Waals surface area contributed by atoms with Crippen LogP contribution in [-0.4, -0.2) is 32.2 Å². The van der Waals surface area contributed by atoms with Gasteiger partial charge < -0.3 is 10.1 Å². The minimum absolute atomic E-state index is 0.159. The SMILES string of the molecule is C=CC(=O)NCC(C)(C)COCC(C)(C)CN=[N+]=[N-]. The van der Waals surface area contributed by atoms with Crippen LogP contribution in [0.4, 0.5) is 0 Å². The van der Waals surface area contributed by atoms with Crippen molar-refractivity contribution in [2.45, 2.75) is 27.7 Å². The zero-order valence-electron chi connectivity index (χ0n) is 12.3. The smallest absolute Gasteiger partial charge is 0.243 e. The van der Waals surface area contributed by atoms with Crippen molar-refractivity contribution in [1.29, 1.82) is 0 Å². The van der Waals surface area contributed by atoms with Crippen molar-refractivity contribution < 1.29 is 9.53 Å². The second-order valence-electron chi connectivity index (χ2n) is 6.13. The molecule has 0 aromatic rings. The van der Waals surface area contributed by atoms with Crippen LogP contribution in [-0.2, 0) is 9.53 Å². The molecule has 0 saturated carbocycles. The van der Waals surface area contributed by atoms with Crippen LogP contribution in [0.25, 0.3) is 10.4 Å². The fourth-order valence-corrected chi connectivity index (χ4v) is 1.32. The van der Waals surface area contributed by atoms with Gasteiger partial charge in [-0.05, 0) is 17.0 Å². The van der Waals surface area contributed by atoms with Gasteiger partial charge in [0.2, 0.25) is 5.91 Å². The first-order chi connectivity index (χ1) is 8.72. The highest BCUT2D eigenvalue weighted by Gasteiger charge is 2.22. The molecular weight excluding hydrogens is 244 g/mol. The van der Waals surface area contributed by atoms with Crippen molar-refractivity contribution in [2.24, 2.45) is 15.9 Å². The number of hydrogen-bond donors (Lipinski definition) is 1. The van der Waals surface area contributed by atoms with Crippen molar-refractivity contribution in [1.82, 2.24) is 5.32 Å². The Morgan fingerprint density at radius 1 is 1.37 bits per heavy atom. The highest BCUT2D eigenvalue weighted by molar-refractivity contribution is 5.86. The molecule has 0 fully saturated rings. The first-order valence-electron chi connectivity index (χ1n) is 6.21. The Balaban J connectivity index is 4.06. The van der Waals surface area contributed by atoms with E-state index in [0.717, 1.165) is 0 Å². The van der Waals surface area contributed by atoms with E-state index in [1.54, 1.807) is 0 Å². The number of nitrogens with zero attached hydrogens (tertiary/aromatic N) is 3. The van der Waals surface area contributed by atoms with Crippen LogP contribution in [0.3, 0.4) is 0 Å². The summed E-state index contributed by atoms with van der Waals surface area (Å²) in [4.78, 5) is 13.8. The van der Waals surface area contributed by atoms with Gasteiger partial charge in [-0.15, -0.1) is 0 Å². The van der Waals surface area contributed by atoms with Gasteiger partial charge in [0.05, 0.1) is 13.2 Å². The molecule has 6 nitrogen and oxygen atoms in total. The summed E-state index contributed by atoms with van der Waals surface area (Å²) in [5.74, 6) is -0.184. The third-order valence-electron chi connectivity index (χ3n) is 2.47. The predicted octanol–water partition coefficient (Wildman–Crippen LogP) is 2.67. The molecule has 108 valence electrons. The highest BCUT2D eigenvalue weighted by Crippen LogP contribution is 2.19. The Kier molecular flexibility index (Phi) is 7.19. The van der Waals surface area contributed by atoms with E-state index < -0.39 is 0 Å². The van der Waals surface area contributed by atoms with E-state index in [1.807, 2.05) is 27.7 Å². The van der Waals surface area contributed by atoms with E-state index >= 15 is 0 Å². The molecule has 0 heterocycles. The first-order valence-corrected chi connectivity index (χ1v) is 6.21. The molecule has 6 heteroatoms. The Morgan fingerprint density at radius 3 is 2.47 bits per heavy atom. The summed E-state index contributed by atoms with van der Waals surface area (Å²) in [6, 6.07) is 0. The lowest BCUT2D eigenvalue weighted by molar-refractivity contribution is -0.117. The van der Waals surface area contributed by atoms with Crippen molar-refractivity contribution in [2.75, 3.05) is 26.3 Å². The number of amides is 1. The molecule has 19 heavy (non-hydrogen) atoms. The summed E-state index contributed by atoms with van der Waals surface area (Å²) >= 11 is 0. The largest absolute Gasteiger partial charge is 0.380 e. The molecule has 0 aromatic heterocycles. The van der Waals surface area contributed by atoms with Crippen LogP contribution in [0.5, 0.6) is 0 Å². The maximum absolute atomic E-state index is 11.1. The van der Waals surface area contributed by atoms with Gasteiger partial charge in [0, 0.05) is 23.4 Å². The Hall–Kier alpha value is -1.52. The van der Waals surface area contributed by atoms with Crippen molar-refractivity contribution >= 4 is 5.91 Å². The topological polar surface area (TPSA) is 87.1 Å². The molecule has 0 saturated heterocycles. The third kappa shape index (κ3) is 9.11. The van der Waals surface area contributed by atoms with Gasteiger partial charge >= 0.3 is 0 Å². The Labute approximate surface area is 114 Å². The number of rotatable bonds is 9. The van der Waals surface area contributed by atoms with Crippen LogP contribution < -0.4 is 5.32 Å². The van der Waals surface area contributed by atoms with Crippen molar-refractivity contribution in [3.63, 3.8) is 0 Å². The molecule has 1 N–H and O–H groups in total. The summed E-state index contributed by atoms with van der Waals surface area (Å²) < 4.78 is 5.67. The third-order valence-corrected chi connectivity index (χ3v) is 2.47. The minimum Gasteiger partial charge on any atom is -0.380 e. The summed E-state index contributed by atoms with van der Waals surface area (Å²) in [5.41, 5.74) is 7.95. The van der Waals surface area contributed by atoms with Gasteiger partial charge in [-0.1, -0.05) is 39.4 Å². The zero-order valence-corrected chi connectivity index (χ0v) is 12.3. The molecule has 0 radical (unpaired) electrons. The van der Waals surface area contributed by atoms with Gasteiger partial charge in [0.15, 0.2) is 0 Å². The molecule has 0 aromatic carbocycles. The summed E-state index contributed by atoms with van der Waals surface area (Å²) in [6.07, 6.45) is 1.25. The lowest BCUT2D eigenvalue weighted by Gasteiger charge is -2.28. The standard InChI is InChI=1S/C13H24N4O2/c1-6-11(18)15-7-12(2,3)9-19-10-13(4,5)8-16-17-14/h6H,1,7-10H2,2-5H3,(H,15,18). The lowest BCUT2D eigenvalue weighted by atomic mass is 9.93. The van der Waals surface area contributed by atoms with E-state index in [0.29, 0.717) is 26.3 Å². The van der Waals surface area contributed by atoms with Crippen LogP contribution in [0, 0.1) is 10.8 Å². The molecule has 0 atom stereocenters. The summed E-state index contributed by atoms with van der Waals surface area (Å²) in [6.45, 7) is 13.3. The normalized spacial score (nSPS) is 11.6. The molecule has 0 aliphatic rings. The summed E-state index contributed by atoms with van der Waals surface area (Å²) in [5, 5.41) is 6.31. The van der Waals surface area contributed by atoms with Gasteiger partial charge in [-0.3, -0.25) is 4.79 Å². The molecular formula is C13H24N4O2. The van der Waals surface area contributed by atoms with Crippen LogP contribution >= 0.6 is 0 Å². The van der Waals surface area contributed by atoms with Crippen LogP contribution in [0.2, 0.25) is 0 Å². The second-order valence-corrected chi connectivity index (χ2v) is 6.13. The van der Waals surface area contributed by atoms with Gasteiger partial charge in [-0.25, -0.2) is 0 Å². The first kappa shape index (κ1) is 17.5. The van der Waals surface area contributed by atoms with Crippen molar-refractivity contribution in [3.05, 3.63) is 23.1 Å².